The fourth-order valence-corrected chi connectivity index (χ4v) is 5.55. The molecule has 0 radical (unpaired) electrons. The van der Waals surface area contributed by atoms with E-state index in [-0.39, 0.29) is 29.1 Å². The Hall–Kier alpha value is -1.24. The van der Waals surface area contributed by atoms with Gasteiger partial charge in [0.05, 0.1) is 10.3 Å². The third kappa shape index (κ3) is 2.35. The predicted molar refractivity (Wildman–Crippen MR) is 86.8 cm³/mol. The number of carboxylic acids is 1. The Morgan fingerprint density at radius 2 is 2.04 bits per heavy atom. The Morgan fingerprint density at radius 1 is 1.35 bits per heavy atom. The number of carboxylic acid groups (broad SMARTS) is 1. The zero-order valence-corrected chi connectivity index (χ0v) is 14.7. The molecule has 3 rings (SSSR count). The number of likely N-dealkylation sites (tertiary alicyclic amines) is 1. The number of carbonyl (C=O) groups is 3. The third-order valence-corrected chi connectivity index (χ3v) is 7.38. The molecule has 7 heteroatoms. The van der Waals surface area contributed by atoms with E-state index in [1.54, 1.807) is 21.6 Å². The molecule has 1 N–H and O–H groups in total. The first-order valence-electron chi connectivity index (χ1n) is 8.19. The van der Waals surface area contributed by atoms with Gasteiger partial charge in [0.15, 0.2) is 0 Å². The van der Waals surface area contributed by atoms with Gasteiger partial charge in [0.2, 0.25) is 11.8 Å². The molecule has 3 saturated heterocycles. The van der Waals surface area contributed by atoms with Crippen LogP contribution in [0, 0.1) is 11.3 Å². The molecular weight excluding hydrogens is 316 g/mol. The van der Waals surface area contributed by atoms with Crippen molar-refractivity contribution >= 4 is 29.5 Å². The van der Waals surface area contributed by atoms with Crippen LogP contribution in [-0.2, 0) is 14.4 Å². The first-order valence-corrected chi connectivity index (χ1v) is 9.18. The molecule has 0 aliphatic carbocycles. The largest absolute Gasteiger partial charge is 0.481 e. The lowest BCUT2D eigenvalue weighted by molar-refractivity contribution is -0.152. The van der Waals surface area contributed by atoms with E-state index in [0.717, 1.165) is 6.42 Å². The topological polar surface area (TPSA) is 77.9 Å². The Balaban J connectivity index is 1.78. The fourth-order valence-electron chi connectivity index (χ4n) is 4.13. The van der Waals surface area contributed by atoms with Gasteiger partial charge in [0, 0.05) is 25.3 Å². The summed E-state index contributed by atoms with van der Waals surface area (Å²) in [5, 5.41) is 9.63. The number of carbonyl (C=O) groups excluding carboxylic acids is 2. The zero-order chi connectivity index (χ0) is 17.0. The van der Waals surface area contributed by atoms with Crippen molar-refractivity contribution in [3.63, 3.8) is 0 Å². The van der Waals surface area contributed by atoms with Gasteiger partial charge in [-0.2, -0.15) is 0 Å². The molecule has 0 aromatic rings. The summed E-state index contributed by atoms with van der Waals surface area (Å²) in [7, 11) is 0. The summed E-state index contributed by atoms with van der Waals surface area (Å²) in [5.74, 6) is -0.289. The maximum absolute atomic E-state index is 12.9. The number of thioether (sulfide) groups is 1. The second-order valence-corrected chi connectivity index (χ2v) is 8.89. The minimum absolute atomic E-state index is 0.0329. The number of fused-ring (bicyclic) bond motifs is 1. The molecular formula is C16H24N2O4S. The van der Waals surface area contributed by atoms with E-state index >= 15 is 0 Å². The smallest absolute Gasteiger partial charge is 0.311 e. The van der Waals surface area contributed by atoms with Gasteiger partial charge < -0.3 is 14.9 Å². The summed E-state index contributed by atoms with van der Waals surface area (Å²) in [5.41, 5.74) is -0.861. The molecule has 6 nitrogen and oxygen atoms in total. The lowest BCUT2D eigenvalue weighted by Gasteiger charge is -2.33. The molecule has 128 valence electrons. The van der Waals surface area contributed by atoms with Gasteiger partial charge >= 0.3 is 5.97 Å². The Bertz CT molecular complexity index is 566. The van der Waals surface area contributed by atoms with E-state index in [2.05, 4.69) is 0 Å². The van der Waals surface area contributed by atoms with Gasteiger partial charge in [-0.15, -0.1) is 11.8 Å². The van der Waals surface area contributed by atoms with E-state index in [1.807, 2.05) is 20.8 Å². The molecule has 23 heavy (non-hydrogen) atoms. The number of aliphatic carboxylic acids is 1. The summed E-state index contributed by atoms with van der Waals surface area (Å²) >= 11 is 1.67. The highest BCUT2D eigenvalue weighted by molar-refractivity contribution is 8.01. The summed E-state index contributed by atoms with van der Waals surface area (Å²) in [6.45, 7) is 6.53. The normalized spacial score (nSPS) is 36.9. The van der Waals surface area contributed by atoms with E-state index in [9.17, 15) is 19.5 Å². The van der Waals surface area contributed by atoms with Crippen LogP contribution in [0.15, 0.2) is 0 Å². The number of hydrogen-bond acceptors (Lipinski definition) is 4. The molecule has 3 aliphatic rings. The van der Waals surface area contributed by atoms with Gasteiger partial charge in [-0.3, -0.25) is 14.4 Å². The minimum Gasteiger partial charge on any atom is -0.481 e. The van der Waals surface area contributed by atoms with E-state index < -0.39 is 17.4 Å². The van der Waals surface area contributed by atoms with Crippen molar-refractivity contribution < 1.29 is 19.5 Å². The molecule has 0 aromatic carbocycles. The molecule has 2 amide bonds. The first kappa shape index (κ1) is 16.6. The molecule has 3 fully saturated rings. The molecule has 0 bridgehead atoms. The van der Waals surface area contributed by atoms with Gasteiger partial charge in [0.1, 0.15) is 6.04 Å². The molecule has 3 atom stereocenters. The molecule has 0 saturated carbocycles. The van der Waals surface area contributed by atoms with Crippen LogP contribution in [0.25, 0.3) is 0 Å². The van der Waals surface area contributed by atoms with Crippen molar-refractivity contribution in [1.82, 2.24) is 9.80 Å². The van der Waals surface area contributed by atoms with Crippen LogP contribution < -0.4 is 0 Å². The Labute approximate surface area is 140 Å². The van der Waals surface area contributed by atoms with Gasteiger partial charge in [-0.25, -0.2) is 0 Å². The Kier molecular flexibility index (Phi) is 3.90. The molecule has 0 spiro atoms. The fraction of sp³-hybridized carbons (Fsp3) is 0.812. The van der Waals surface area contributed by atoms with Crippen molar-refractivity contribution in [2.24, 2.45) is 11.3 Å². The average molecular weight is 340 g/mol. The molecule has 0 aromatic heterocycles. The standard InChI is InChI=1S/C16H24N2O4S/c1-10(2)16(14(21)22)6-7-17(9-16)13(20)11-8-23-15(3)5-4-12(19)18(11)15/h10-11H,4-9H2,1-3H3,(H,21,22). The molecule has 3 heterocycles. The SMILES string of the molecule is CC(C)C1(C(=O)O)CCN(C(=O)C2CSC3(C)CCC(=O)N23)C1. The maximum atomic E-state index is 12.9. The van der Waals surface area contributed by atoms with Crippen LogP contribution in [0.1, 0.15) is 40.0 Å². The first-order chi connectivity index (χ1) is 10.7. The average Bonchev–Trinajstić information content (AvgIpc) is 3.13. The van der Waals surface area contributed by atoms with E-state index in [0.29, 0.717) is 25.1 Å². The number of rotatable bonds is 3. The van der Waals surface area contributed by atoms with Gasteiger partial charge in [-0.1, -0.05) is 13.8 Å². The summed E-state index contributed by atoms with van der Waals surface area (Å²) in [6, 6.07) is -0.434. The summed E-state index contributed by atoms with van der Waals surface area (Å²) < 4.78 is 0. The second-order valence-electron chi connectivity index (χ2n) is 7.39. The van der Waals surface area contributed by atoms with E-state index in [4.69, 9.17) is 0 Å². The highest BCUT2D eigenvalue weighted by Crippen LogP contribution is 2.48. The highest BCUT2D eigenvalue weighted by atomic mass is 32.2. The van der Waals surface area contributed by atoms with Crippen molar-refractivity contribution in [2.45, 2.75) is 50.9 Å². The van der Waals surface area contributed by atoms with Crippen LogP contribution in [0.5, 0.6) is 0 Å². The lowest BCUT2D eigenvalue weighted by Crippen LogP contribution is -2.51. The molecule has 3 unspecified atom stereocenters. The van der Waals surface area contributed by atoms with Gasteiger partial charge in [0.25, 0.3) is 0 Å². The van der Waals surface area contributed by atoms with Gasteiger partial charge in [-0.05, 0) is 25.7 Å². The second kappa shape index (κ2) is 5.40. The molecule has 3 aliphatic heterocycles. The monoisotopic (exact) mass is 340 g/mol. The van der Waals surface area contributed by atoms with Crippen molar-refractivity contribution in [3.8, 4) is 0 Å². The number of nitrogens with zero attached hydrogens (tertiary/aromatic N) is 2. The summed E-state index contributed by atoms with van der Waals surface area (Å²) in [6.07, 6.45) is 1.76. The lowest BCUT2D eigenvalue weighted by atomic mass is 9.76. The third-order valence-electron chi connectivity index (χ3n) is 5.87. The maximum Gasteiger partial charge on any atom is 0.311 e. The quantitative estimate of drug-likeness (QED) is 0.840. The number of hydrogen-bond donors (Lipinski definition) is 1. The van der Waals surface area contributed by atoms with Crippen molar-refractivity contribution in [3.05, 3.63) is 0 Å². The van der Waals surface area contributed by atoms with Crippen LogP contribution >= 0.6 is 11.8 Å². The summed E-state index contributed by atoms with van der Waals surface area (Å²) in [4.78, 5) is 40.0. The van der Waals surface area contributed by atoms with E-state index in [1.165, 1.54) is 0 Å². The predicted octanol–water partition coefficient (Wildman–Crippen LogP) is 1.40. The van der Waals surface area contributed by atoms with Crippen molar-refractivity contribution in [1.29, 1.82) is 0 Å². The van der Waals surface area contributed by atoms with Crippen LogP contribution in [-0.4, -0.2) is 62.4 Å². The minimum atomic E-state index is -0.861. The number of amides is 2. The van der Waals surface area contributed by atoms with Crippen LogP contribution in [0.2, 0.25) is 0 Å². The zero-order valence-electron chi connectivity index (χ0n) is 13.9. The highest BCUT2D eigenvalue weighted by Gasteiger charge is 2.55. The van der Waals surface area contributed by atoms with Crippen molar-refractivity contribution in [2.75, 3.05) is 18.8 Å². The Morgan fingerprint density at radius 3 is 2.61 bits per heavy atom. The van der Waals surface area contributed by atoms with Crippen LogP contribution in [0.3, 0.4) is 0 Å². The van der Waals surface area contributed by atoms with Crippen LogP contribution in [0.4, 0.5) is 0 Å².